The van der Waals surface area contributed by atoms with E-state index >= 15 is 0 Å². The molecule has 0 amide bonds. The Bertz CT molecular complexity index is 872. The van der Waals surface area contributed by atoms with Gasteiger partial charge in [-0.1, -0.05) is 6.07 Å². The summed E-state index contributed by atoms with van der Waals surface area (Å²) in [6.45, 7) is 2.72. The molecule has 1 aliphatic heterocycles. The molecule has 7 nitrogen and oxygen atoms in total. The van der Waals surface area contributed by atoms with Crippen molar-refractivity contribution in [2.75, 3.05) is 27.3 Å². The van der Waals surface area contributed by atoms with Gasteiger partial charge in [-0.05, 0) is 55.0 Å². The molecule has 0 spiro atoms. The summed E-state index contributed by atoms with van der Waals surface area (Å²) in [5.41, 5.74) is 1.56. The smallest absolute Gasteiger partial charge is 0.337 e. The first-order valence-corrected chi connectivity index (χ1v) is 10.3. The molecule has 2 heterocycles. The van der Waals surface area contributed by atoms with E-state index in [9.17, 15) is 9.90 Å². The number of hydrogen-bond donors (Lipinski definition) is 1. The van der Waals surface area contributed by atoms with Gasteiger partial charge < -0.3 is 19.3 Å². The van der Waals surface area contributed by atoms with Gasteiger partial charge in [0.1, 0.15) is 11.9 Å². The molecule has 4 rings (SSSR count). The van der Waals surface area contributed by atoms with E-state index in [1.807, 2.05) is 12.1 Å². The van der Waals surface area contributed by atoms with Gasteiger partial charge in [0.25, 0.3) is 0 Å². The monoisotopic (exact) mass is 412 g/mol. The lowest BCUT2D eigenvalue weighted by atomic mass is 9.78. The number of ether oxygens (including phenoxy) is 3. The summed E-state index contributed by atoms with van der Waals surface area (Å²) >= 11 is 0. The van der Waals surface area contributed by atoms with Gasteiger partial charge in [0.15, 0.2) is 0 Å². The molecule has 1 saturated carbocycles. The summed E-state index contributed by atoms with van der Waals surface area (Å²) < 4.78 is 16.2. The lowest BCUT2D eigenvalue weighted by Gasteiger charge is -2.35. The number of aromatic nitrogens is 1. The van der Waals surface area contributed by atoms with E-state index in [4.69, 9.17) is 14.2 Å². The van der Waals surface area contributed by atoms with Crippen LogP contribution in [0.15, 0.2) is 42.6 Å². The lowest BCUT2D eigenvalue weighted by Crippen LogP contribution is -2.42. The number of carbonyl (C=O) groups excluding carboxylic acids is 1. The number of methoxy groups -OCH3 is 2. The third-order valence-corrected chi connectivity index (χ3v) is 6.16. The van der Waals surface area contributed by atoms with Crippen molar-refractivity contribution >= 4 is 5.97 Å². The van der Waals surface area contributed by atoms with E-state index < -0.39 is 6.10 Å². The number of aliphatic hydroxyl groups is 1. The SMILES string of the molecule is COC(=O)c1ccc(O[C@@H]2C[C@@H]3CN(Cc4cccnc4OC)C[C@@H]3C[C@H]2O)cc1. The predicted molar refractivity (Wildman–Crippen MR) is 110 cm³/mol. The zero-order valence-corrected chi connectivity index (χ0v) is 17.4. The number of benzene rings is 1. The highest BCUT2D eigenvalue weighted by molar-refractivity contribution is 5.89. The molecule has 2 aliphatic rings. The van der Waals surface area contributed by atoms with E-state index in [0.29, 0.717) is 29.0 Å². The number of fused-ring (bicyclic) bond motifs is 1. The minimum Gasteiger partial charge on any atom is -0.488 e. The molecule has 0 radical (unpaired) electrons. The maximum Gasteiger partial charge on any atom is 0.337 e. The maximum absolute atomic E-state index is 11.6. The lowest BCUT2D eigenvalue weighted by molar-refractivity contribution is -0.0231. The fraction of sp³-hybridized carbons (Fsp3) is 0.478. The molecule has 4 atom stereocenters. The van der Waals surface area contributed by atoms with Gasteiger partial charge >= 0.3 is 5.97 Å². The second-order valence-electron chi connectivity index (χ2n) is 8.10. The molecule has 160 valence electrons. The number of rotatable bonds is 6. The Labute approximate surface area is 176 Å². The van der Waals surface area contributed by atoms with E-state index in [-0.39, 0.29) is 12.1 Å². The molecule has 1 N–H and O–H groups in total. The molecule has 0 unspecified atom stereocenters. The van der Waals surface area contributed by atoms with Crippen LogP contribution in [-0.4, -0.2) is 60.5 Å². The minimum absolute atomic E-state index is 0.247. The van der Waals surface area contributed by atoms with Gasteiger partial charge in [-0.3, -0.25) is 4.90 Å². The van der Waals surface area contributed by atoms with Crippen LogP contribution in [0, 0.1) is 11.8 Å². The summed E-state index contributed by atoms with van der Waals surface area (Å²) in [6.07, 6.45) is 2.53. The first kappa shape index (κ1) is 20.6. The zero-order valence-electron chi connectivity index (χ0n) is 17.4. The first-order valence-electron chi connectivity index (χ1n) is 10.3. The second kappa shape index (κ2) is 9.02. The van der Waals surface area contributed by atoms with Crippen LogP contribution in [0.2, 0.25) is 0 Å². The topological polar surface area (TPSA) is 81.1 Å². The van der Waals surface area contributed by atoms with Crippen molar-refractivity contribution in [2.45, 2.75) is 31.6 Å². The summed E-state index contributed by atoms with van der Waals surface area (Å²) in [6, 6.07) is 10.8. The Balaban J connectivity index is 1.37. The van der Waals surface area contributed by atoms with Crippen LogP contribution in [0.5, 0.6) is 11.6 Å². The number of esters is 1. The highest BCUT2D eigenvalue weighted by Crippen LogP contribution is 2.38. The van der Waals surface area contributed by atoms with E-state index in [0.717, 1.165) is 38.0 Å². The van der Waals surface area contributed by atoms with Crippen LogP contribution in [0.1, 0.15) is 28.8 Å². The van der Waals surface area contributed by atoms with Gasteiger partial charge in [-0.25, -0.2) is 9.78 Å². The van der Waals surface area contributed by atoms with Crippen LogP contribution < -0.4 is 9.47 Å². The van der Waals surface area contributed by atoms with Crippen molar-refractivity contribution in [2.24, 2.45) is 11.8 Å². The fourth-order valence-corrected chi connectivity index (χ4v) is 4.67. The van der Waals surface area contributed by atoms with Crippen molar-refractivity contribution in [1.82, 2.24) is 9.88 Å². The number of likely N-dealkylation sites (tertiary alicyclic amines) is 1. The van der Waals surface area contributed by atoms with Crippen molar-refractivity contribution in [3.63, 3.8) is 0 Å². The number of aliphatic hydroxyl groups excluding tert-OH is 1. The third kappa shape index (κ3) is 4.42. The van der Waals surface area contributed by atoms with E-state index in [1.165, 1.54) is 7.11 Å². The summed E-state index contributed by atoms with van der Waals surface area (Å²) in [4.78, 5) is 18.3. The highest BCUT2D eigenvalue weighted by Gasteiger charge is 2.42. The Hall–Kier alpha value is -2.64. The molecule has 0 bridgehead atoms. The Kier molecular flexibility index (Phi) is 6.20. The van der Waals surface area contributed by atoms with Gasteiger partial charge in [0.05, 0.1) is 25.9 Å². The molecule has 2 aromatic rings. The zero-order chi connectivity index (χ0) is 21.1. The van der Waals surface area contributed by atoms with E-state index in [1.54, 1.807) is 37.6 Å². The first-order chi connectivity index (χ1) is 14.6. The molecule has 7 heteroatoms. The maximum atomic E-state index is 11.6. The molecular weight excluding hydrogens is 384 g/mol. The average molecular weight is 412 g/mol. The van der Waals surface area contributed by atoms with Crippen LogP contribution in [0.25, 0.3) is 0 Å². The Morgan fingerprint density at radius 1 is 1.13 bits per heavy atom. The van der Waals surface area contributed by atoms with Crippen LogP contribution in [0.3, 0.4) is 0 Å². The summed E-state index contributed by atoms with van der Waals surface area (Å²) in [5.74, 6) is 1.89. The fourth-order valence-electron chi connectivity index (χ4n) is 4.67. The average Bonchev–Trinajstić information content (AvgIpc) is 3.15. The number of nitrogens with zero attached hydrogens (tertiary/aromatic N) is 2. The predicted octanol–water partition coefficient (Wildman–Crippen LogP) is 2.53. The molecule has 1 aliphatic carbocycles. The van der Waals surface area contributed by atoms with Crippen molar-refractivity contribution in [3.05, 3.63) is 53.7 Å². The largest absolute Gasteiger partial charge is 0.488 e. The van der Waals surface area contributed by atoms with Crippen molar-refractivity contribution in [1.29, 1.82) is 0 Å². The highest BCUT2D eigenvalue weighted by atomic mass is 16.5. The molecule has 30 heavy (non-hydrogen) atoms. The van der Waals surface area contributed by atoms with Gasteiger partial charge in [0.2, 0.25) is 5.88 Å². The second-order valence-corrected chi connectivity index (χ2v) is 8.10. The Morgan fingerprint density at radius 2 is 1.87 bits per heavy atom. The molecule has 1 saturated heterocycles. The summed E-state index contributed by atoms with van der Waals surface area (Å²) in [5, 5.41) is 10.7. The number of carbonyl (C=O) groups is 1. The van der Waals surface area contributed by atoms with Crippen molar-refractivity contribution < 1.29 is 24.1 Å². The van der Waals surface area contributed by atoms with Gasteiger partial charge in [0, 0.05) is 31.4 Å². The third-order valence-electron chi connectivity index (χ3n) is 6.16. The minimum atomic E-state index is -0.501. The normalized spacial score (nSPS) is 26.1. The molecule has 1 aromatic heterocycles. The molecule has 2 fully saturated rings. The van der Waals surface area contributed by atoms with Crippen LogP contribution in [-0.2, 0) is 11.3 Å². The van der Waals surface area contributed by atoms with Gasteiger partial charge in [-0.15, -0.1) is 0 Å². The van der Waals surface area contributed by atoms with E-state index in [2.05, 4.69) is 9.88 Å². The quantitative estimate of drug-likeness (QED) is 0.730. The van der Waals surface area contributed by atoms with Crippen LogP contribution >= 0.6 is 0 Å². The van der Waals surface area contributed by atoms with Gasteiger partial charge in [-0.2, -0.15) is 0 Å². The molecular formula is C23H28N2O5. The summed E-state index contributed by atoms with van der Waals surface area (Å²) in [7, 11) is 3.00. The standard InChI is InChI=1S/C23H28N2O5/c1-28-22-16(4-3-9-24-22)12-25-13-17-10-20(26)21(11-18(17)14-25)30-19-7-5-15(6-8-19)23(27)29-2/h3-9,17-18,20-21,26H,10-14H2,1-2H3/t17-,18+,20+,21+/m0/s1. The Morgan fingerprint density at radius 3 is 2.57 bits per heavy atom. The van der Waals surface area contributed by atoms with Crippen LogP contribution in [0.4, 0.5) is 0 Å². The molecule has 1 aromatic carbocycles. The number of pyridine rings is 1. The van der Waals surface area contributed by atoms with Crippen molar-refractivity contribution in [3.8, 4) is 11.6 Å². The number of hydrogen-bond acceptors (Lipinski definition) is 7.